The second-order valence-electron chi connectivity index (χ2n) is 10.2. The fourth-order valence-electron chi connectivity index (χ4n) is 3.83. The number of nitrogens with one attached hydrogen (secondary N) is 4. The molecule has 0 unspecified atom stereocenters. The van der Waals surface area contributed by atoms with E-state index >= 15 is 0 Å². The summed E-state index contributed by atoms with van der Waals surface area (Å²) in [6, 6.07) is 6.85. The molecule has 0 aliphatic carbocycles. The summed E-state index contributed by atoms with van der Waals surface area (Å²) in [5, 5.41) is 11.5. The molecule has 5 amide bonds. The molecule has 1 aromatic rings. The Bertz CT molecular complexity index is 1100. The molecule has 1 aliphatic heterocycles. The molecule has 1 aromatic carbocycles. The van der Waals surface area contributed by atoms with Gasteiger partial charge in [0.2, 0.25) is 17.7 Å². The van der Waals surface area contributed by atoms with Crippen molar-refractivity contribution in [1.82, 2.24) is 20.9 Å². The van der Waals surface area contributed by atoms with Crippen molar-refractivity contribution in [2.75, 3.05) is 77.8 Å². The smallest absolute Gasteiger partial charge is 0.253 e. The lowest BCUT2D eigenvalue weighted by molar-refractivity contribution is -0.137. The molecule has 0 spiro atoms. The Morgan fingerprint density at radius 1 is 0.756 bits per heavy atom. The first kappa shape index (κ1) is 37.3. The third kappa shape index (κ3) is 16.7. The van der Waals surface area contributed by atoms with E-state index in [0.717, 1.165) is 16.2 Å². The minimum atomic E-state index is -0.671. The zero-order valence-electron chi connectivity index (χ0n) is 26.1. The van der Waals surface area contributed by atoms with Crippen LogP contribution < -0.4 is 21.3 Å². The van der Waals surface area contributed by atoms with Gasteiger partial charge in [0.25, 0.3) is 11.8 Å². The summed E-state index contributed by atoms with van der Waals surface area (Å²) in [6.45, 7) is 10.9. The van der Waals surface area contributed by atoms with Crippen LogP contribution in [0.25, 0.3) is 0 Å². The fraction of sp³-hybridized carbons (Fsp3) is 0.548. The molecule has 0 fully saturated rings. The van der Waals surface area contributed by atoms with Crippen molar-refractivity contribution in [1.29, 1.82) is 0 Å². The maximum Gasteiger partial charge on any atom is 0.253 e. The van der Waals surface area contributed by atoms with Gasteiger partial charge in [-0.2, -0.15) is 0 Å². The van der Waals surface area contributed by atoms with Crippen molar-refractivity contribution in [2.45, 2.75) is 38.8 Å². The Morgan fingerprint density at radius 3 is 1.91 bits per heavy atom. The molecule has 0 aromatic heterocycles. The lowest BCUT2D eigenvalue weighted by Gasteiger charge is -2.19. The van der Waals surface area contributed by atoms with Gasteiger partial charge in [-0.1, -0.05) is 12.1 Å². The normalized spacial score (nSPS) is 13.9. The zero-order valence-corrected chi connectivity index (χ0v) is 26.1. The highest BCUT2D eigenvalue weighted by molar-refractivity contribution is 6.13. The molecule has 4 N–H and O–H groups in total. The van der Waals surface area contributed by atoms with E-state index in [1.807, 2.05) is 31.2 Å². The number of benzene rings is 1. The Labute approximate surface area is 264 Å². The summed E-state index contributed by atoms with van der Waals surface area (Å²) in [5.41, 5.74) is 1.87. The molecule has 0 saturated carbocycles. The molecule has 2 rings (SSSR count). The zero-order chi connectivity index (χ0) is 32.9. The molecule has 1 radical (unpaired) electrons. The molecule has 45 heavy (non-hydrogen) atoms. The number of carbonyl (C=O) groups excluding carboxylic acids is 5. The van der Waals surface area contributed by atoms with Crippen LogP contribution in [0.5, 0.6) is 0 Å². The fourth-order valence-corrected chi connectivity index (χ4v) is 3.83. The first-order valence-corrected chi connectivity index (χ1v) is 15.0. The quantitative estimate of drug-likeness (QED) is 0.0910. The third-order valence-electron chi connectivity index (χ3n) is 6.35. The lowest BCUT2D eigenvalue weighted by Crippen LogP contribution is -2.49. The molecule has 1 aliphatic rings. The van der Waals surface area contributed by atoms with Gasteiger partial charge in [-0.15, -0.1) is 0 Å². The van der Waals surface area contributed by atoms with E-state index in [1.165, 1.54) is 12.2 Å². The van der Waals surface area contributed by atoms with E-state index in [4.69, 9.17) is 18.9 Å². The van der Waals surface area contributed by atoms with E-state index in [1.54, 1.807) is 6.92 Å². The Morgan fingerprint density at radius 2 is 1.31 bits per heavy atom. The van der Waals surface area contributed by atoms with Crippen LogP contribution in [0.1, 0.15) is 32.3 Å². The van der Waals surface area contributed by atoms with Crippen molar-refractivity contribution in [3.63, 3.8) is 0 Å². The molecule has 14 heteroatoms. The average molecular weight is 633 g/mol. The van der Waals surface area contributed by atoms with Crippen molar-refractivity contribution < 1.29 is 42.9 Å². The topological polar surface area (TPSA) is 174 Å². The molecule has 0 saturated heterocycles. The Kier molecular flexibility index (Phi) is 18.1. The van der Waals surface area contributed by atoms with Gasteiger partial charge in [-0.3, -0.25) is 28.9 Å². The minimum Gasteiger partial charge on any atom is -0.383 e. The largest absolute Gasteiger partial charge is 0.383 e. The van der Waals surface area contributed by atoms with E-state index < -0.39 is 17.9 Å². The Balaban J connectivity index is 1.33. The number of hydrogen-bond acceptors (Lipinski definition) is 10. The van der Waals surface area contributed by atoms with Gasteiger partial charge in [0, 0.05) is 56.4 Å². The monoisotopic (exact) mass is 632 g/mol. The van der Waals surface area contributed by atoms with Crippen molar-refractivity contribution in [2.24, 2.45) is 0 Å². The van der Waals surface area contributed by atoms with Crippen LogP contribution in [0.2, 0.25) is 0 Å². The van der Waals surface area contributed by atoms with Gasteiger partial charge in [0.1, 0.15) is 6.04 Å². The number of imide groups is 1. The molecule has 249 valence electrons. The molecular formula is C31H46N5O9. The van der Waals surface area contributed by atoms with E-state index in [2.05, 4.69) is 28.2 Å². The van der Waals surface area contributed by atoms with Crippen LogP contribution in [0.3, 0.4) is 0 Å². The van der Waals surface area contributed by atoms with Crippen molar-refractivity contribution in [3.05, 3.63) is 48.9 Å². The number of hydrogen-bond donors (Lipinski definition) is 4. The number of amides is 5. The van der Waals surface area contributed by atoms with Gasteiger partial charge in [-0.25, -0.2) is 0 Å². The van der Waals surface area contributed by atoms with E-state index in [9.17, 15) is 24.0 Å². The van der Waals surface area contributed by atoms with E-state index in [0.29, 0.717) is 59.3 Å². The second-order valence-corrected chi connectivity index (χ2v) is 10.2. The number of rotatable bonds is 24. The highest BCUT2D eigenvalue weighted by atomic mass is 16.6. The van der Waals surface area contributed by atoms with Gasteiger partial charge >= 0.3 is 0 Å². The summed E-state index contributed by atoms with van der Waals surface area (Å²) < 4.78 is 21.6. The summed E-state index contributed by atoms with van der Waals surface area (Å²) in [5.74, 6) is -1.63. The number of carbonyl (C=O) groups is 5. The Hall–Kier alpha value is -3.85. The SMILES string of the molecule is [CH2]c1ccc(NC[C@H](C)NC(=O)[C@H](C)NC(=O)CCOCCOCCOCCOCCNC(=O)CCN2C(=O)C=CC2=O)cc1. The standard InChI is InChI=1S/C31H46N5O9/c1-23-4-6-26(7-5-23)33-22-24(2)34-31(41)25(3)35-28(38)11-14-42-16-18-44-20-21-45-19-17-43-15-12-32-27(37)10-13-36-29(39)8-9-30(36)40/h4-9,24-25,33H,1,10-22H2,2-3H3,(H,32,37)(H,34,41)(H,35,38)/t24-,25-/m0/s1. The predicted molar refractivity (Wildman–Crippen MR) is 166 cm³/mol. The van der Waals surface area contributed by atoms with Crippen LogP contribution in [-0.2, 0) is 42.9 Å². The summed E-state index contributed by atoms with van der Waals surface area (Å²) in [4.78, 5) is 60.2. The van der Waals surface area contributed by atoms with Gasteiger partial charge in [0.05, 0.1) is 52.9 Å². The molecule has 14 nitrogen and oxygen atoms in total. The summed E-state index contributed by atoms with van der Waals surface area (Å²) >= 11 is 0. The third-order valence-corrected chi connectivity index (χ3v) is 6.35. The van der Waals surface area contributed by atoms with Crippen molar-refractivity contribution in [3.8, 4) is 0 Å². The molecule has 1 heterocycles. The molecular weight excluding hydrogens is 586 g/mol. The maximum atomic E-state index is 12.4. The highest BCUT2D eigenvalue weighted by Crippen LogP contribution is 2.08. The first-order valence-electron chi connectivity index (χ1n) is 15.0. The second kappa shape index (κ2) is 21.8. The minimum absolute atomic E-state index is 0.0367. The van der Waals surface area contributed by atoms with Crippen LogP contribution in [0.15, 0.2) is 36.4 Å². The predicted octanol–water partition coefficient (Wildman–Crippen LogP) is 0.178. The summed E-state index contributed by atoms with van der Waals surface area (Å²) in [7, 11) is 0. The van der Waals surface area contributed by atoms with Crippen LogP contribution in [0.4, 0.5) is 5.69 Å². The highest BCUT2D eigenvalue weighted by Gasteiger charge is 2.23. The van der Waals surface area contributed by atoms with Gasteiger partial charge in [0.15, 0.2) is 0 Å². The average Bonchev–Trinajstić information content (AvgIpc) is 3.33. The van der Waals surface area contributed by atoms with Gasteiger partial charge in [-0.05, 0) is 38.5 Å². The first-order chi connectivity index (χ1) is 21.7. The number of ether oxygens (including phenoxy) is 4. The van der Waals surface area contributed by atoms with Crippen LogP contribution >= 0.6 is 0 Å². The maximum absolute atomic E-state index is 12.4. The van der Waals surface area contributed by atoms with Gasteiger partial charge < -0.3 is 40.2 Å². The lowest BCUT2D eigenvalue weighted by atomic mass is 10.2. The number of nitrogens with zero attached hydrogens (tertiary/aromatic N) is 1. The van der Waals surface area contributed by atoms with Crippen LogP contribution in [-0.4, -0.2) is 119 Å². The summed E-state index contributed by atoms with van der Waals surface area (Å²) in [6.07, 6.45) is 2.53. The van der Waals surface area contributed by atoms with E-state index in [-0.39, 0.29) is 49.8 Å². The van der Waals surface area contributed by atoms with Crippen LogP contribution in [0, 0.1) is 6.92 Å². The number of anilines is 1. The molecule has 0 bridgehead atoms. The molecule has 2 atom stereocenters. The van der Waals surface area contributed by atoms with Crippen molar-refractivity contribution >= 4 is 35.2 Å².